The first-order valence-corrected chi connectivity index (χ1v) is 6.05. The number of carbonyl (C=O) groups excluding carboxylic acids is 1. The molecule has 0 aliphatic heterocycles. The zero-order chi connectivity index (χ0) is 9.68. The van der Waals surface area contributed by atoms with Crippen LogP contribution in [0.15, 0.2) is 15.7 Å². The van der Waals surface area contributed by atoms with Gasteiger partial charge in [-0.3, -0.25) is 4.79 Å². The zero-order valence-electron chi connectivity index (χ0n) is 7.45. The summed E-state index contributed by atoms with van der Waals surface area (Å²) in [6.07, 6.45) is 1.09. The van der Waals surface area contributed by atoms with E-state index in [4.69, 9.17) is 5.11 Å². The summed E-state index contributed by atoms with van der Waals surface area (Å²) in [6.45, 7) is 1.71. The van der Waals surface area contributed by atoms with Crippen molar-refractivity contribution in [2.75, 3.05) is 12.4 Å². The molecule has 0 bridgehead atoms. The number of Topliss-reactive ketones (excluding diaryl/α,β-unsaturated/α-hetero) is 1. The van der Waals surface area contributed by atoms with E-state index >= 15 is 0 Å². The summed E-state index contributed by atoms with van der Waals surface area (Å²) in [5.41, 5.74) is 0.672. The number of ketones is 1. The molecular formula is C9H12O2S2. The molecule has 1 N–H and O–H groups in total. The van der Waals surface area contributed by atoms with Crippen LogP contribution in [0, 0.1) is 0 Å². The van der Waals surface area contributed by atoms with Crippen molar-refractivity contribution in [3.05, 3.63) is 16.3 Å². The summed E-state index contributed by atoms with van der Waals surface area (Å²) < 4.78 is 0. The van der Waals surface area contributed by atoms with E-state index in [2.05, 4.69) is 6.92 Å². The summed E-state index contributed by atoms with van der Waals surface area (Å²) in [6, 6.07) is 0. The lowest BCUT2D eigenvalue weighted by Gasteiger charge is -1.99. The largest absolute Gasteiger partial charge is 0.388 e. The van der Waals surface area contributed by atoms with E-state index in [0.29, 0.717) is 5.56 Å². The van der Waals surface area contributed by atoms with Crippen LogP contribution >= 0.6 is 23.1 Å². The molecule has 0 saturated carbocycles. The SMILES string of the molecule is CCCSc1cscc1C(=O)CO. The average molecular weight is 216 g/mol. The summed E-state index contributed by atoms with van der Waals surface area (Å²) in [5.74, 6) is 0.836. The van der Waals surface area contributed by atoms with Crippen molar-refractivity contribution in [3.63, 3.8) is 0 Å². The molecule has 0 amide bonds. The van der Waals surface area contributed by atoms with Gasteiger partial charge in [0.15, 0.2) is 5.78 Å². The van der Waals surface area contributed by atoms with Gasteiger partial charge in [-0.1, -0.05) is 6.92 Å². The topological polar surface area (TPSA) is 37.3 Å². The van der Waals surface area contributed by atoms with E-state index in [1.165, 1.54) is 11.3 Å². The van der Waals surface area contributed by atoms with Gasteiger partial charge in [-0.15, -0.1) is 11.8 Å². The van der Waals surface area contributed by atoms with Crippen LogP contribution in [0.3, 0.4) is 0 Å². The number of hydrogen-bond donors (Lipinski definition) is 1. The Kier molecular flexibility index (Phi) is 4.48. The first-order valence-electron chi connectivity index (χ1n) is 4.12. The number of thiophene rings is 1. The van der Waals surface area contributed by atoms with Gasteiger partial charge in [0, 0.05) is 21.2 Å². The van der Waals surface area contributed by atoms with Gasteiger partial charge >= 0.3 is 0 Å². The minimum atomic E-state index is -0.392. The van der Waals surface area contributed by atoms with E-state index in [9.17, 15) is 4.79 Å². The maximum Gasteiger partial charge on any atom is 0.190 e. The number of aliphatic hydroxyl groups excluding tert-OH is 1. The molecule has 1 aromatic heterocycles. The third kappa shape index (κ3) is 2.83. The Hall–Kier alpha value is -0.320. The Labute approximate surface area is 86.0 Å². The molecule has 0 atom stereocenters. The van der Waals surface area contributed by atoms with Crippen LogP contribution in [-0.2, 0) is 0 Å². The molecule has 1 rings (SSSR count). The Morgan fingerprint density at radius 2 is 2.38 bits per heavy atom. The van der Waals surface area contributed by atoms with Crippen molar-refractivity contribution in [1.82, 2.24) is 0 Å². The van der Waals surface area contributed by atoms with Gasteiger partial charge in [-0.2, -0.15) is 11.3 Å². The molecule has 0 fully saturated rings. The first-order chi connectivity index (χ1) is 6.29. The van der Waals surface area contributed by atoms with E-state index in [1.54, 1.807) is 17.1 Å². The molecule has 1 heterocycles. The van der Waals surface area contributed by atoms with Crippen LogP contribution in [-0.4, -0.2) is 23.2 Å². The Balaban J connectivity index is 2.71. The molecule has 13 heavy (non-hydrogen) atoms. The predicted octanol–water partition coefficient (Wildman–Crippen LogP) is 2.43. The molecule has 0 spiro atoms. The lowest BCUT2D eigenvalue weighted by atomic mass is 10.2. The van der Waals surface area contributed by atoms with Crippen LogP contribution in [0.1, 0.15) is 23.7 Å². The molecule has 2 nitrogen and oxygen atoms in total. The van der Waals surface area contributed by atoms with Gasteiger partial charge < -0.3 is 5.11 Å². The smallest absolute Gasteiger partial charge is 0.190 e. The van der Waals surface area contributed by atoms with Crippen molar-refractivity contribution < 1.29 is 9.90 Å². The number of rotatable bonds is 5. The van der Waals surface area contributed by atoms with Crippen LogP contribution in [0.5, 0.6) is 0 Å². The fourth-order valence-electron chi connectivity index (χ4n) is 0.898. The van der Waals surface area contributed by atoms with Crippen LogP contribution in [0.4, 0.5) is 0 Å². The predicted molar refractivity (Wildman–Crippen MR) is 56.8 cm³/mol. The summed E-state index contributed by atoms with van der Waals surface area (Å²) in [5, 5.41) is 12.5. The second kappa shape index (κ2) is 5.42. The molecular weight excluding hydrogens is 204 g/mol. The average Bonchev–Trinajstić information content (AvgIpc) is 2.61. The van der Waals surface area contributed by atoms with Gasteiger partial charge in [-0.05, 0) is 12.2 Å². The highest BCUT2D eigenvalue weighted by atomic mass is 32.2. The molecule has 0 aromatic carbocycles. The molecule has 0 aliphatic carbocycles. The maximum absolute atomic E-state index is 11.2. The second-order valence-electron chi connectivity index (χ2n) is 2.58. The summed E-state index contributed by atoms with van der Waals surface area (Å²) in [4.78, 5) is 12.2. The second-order valence-corrected chi connectivity index (χ2v) is 4.46. The number of hydrogen-bond acceptors (Lipinski definition) is 4. The van der Waals surface area contributed by atoms with Gasteiger partial charge in [0.1, 0.15) is 6.61 Å². The van der Waals surface area contributed by atoms with Gasteiger partial charge in [0.25, 0.3) is 0 Å². The molecule has 0 aliphatic rings. The highest BCUT2D eigenvalue weighted by Gasteiger charge is 2.11. The lowest BCUT2D eigenvalue weighted by molar-refractivity contribution is 0.0901. The third-order valence-electron chi connectivity index (χ3n) is 1.53. The minimum Gasteiger partial charge on any atom is -0.388 e. The normalized spacial score (nSPS) is 10.3. The summed E-state index contributed by atoms with van der Waals surface area (Å²) in [7, 11) is 0. The summed E-state index contributed by atoms with van der Waals surface area (Å²) >= 11 is 3.18. The van der Waals surface area contributed by atoms with Gasteiger partial charge in [0.2, 0.25) is 0 Å². The lowest BCUT2D eigenvalue weighted by Crippen LogP contribution is -2.03. The quantitative estimate of drug-likeness (QED) is 0.606. The number of aliphatic hydroxyl groups is 1. The van der Waals surface area contributed by atoms with Crippen molar-refractivity contribution in [2.24, 2.45) is 0 Å². The zero-order valence-corrected chi connectivity index (χ0v) is 9.08. The highest BCUT2D eigenvalue weighted by molar-refractivity contribution is 7.99. The molecule has 1 aromatic rings. The number of thioether (sulfide) groups is 1. The Morgan fingerprint density at radius 3 is 3.00 bits per heavy atom. The van der Waals surface area contributed by atoms with Gasteiger partial charge in [-0.25, -0.2) is 0 Å². The van der Waals surface area contributed by atoms with E-state index in [1.807, 2.05) is 5.38 Å². The molecule has 72 valence electrons. The van der Waals surface area contributed by atoms with Crippen molar-refractivity contribution in [2.45, 2.75) is 18.2 Å². The standard InChI is InChI=1S/C9H12O2S2/c1-2-3-13-9-6-12-5-7(9)8(11)4-10/h5-6,10H,2-4H2,1H3. The van der Waals surface area contributed by atoms with Gasteiger partial charge in [0.05, 0.1) is 0 Å². The van der Waals surface area contributed by atoms with Crippen molar-refractivity contribution >= 4 is 28.9 Å². The molecule has 0 saturated heterocycles. The molecule has 0 radical (unpaired) electrons. The minimum absolute atomic E-state index is 0.181. The van der Waals surface area contributed by atoms with Crippen LogP contribution in [0.25, 0.3) is 0 Å². The van der Waals surface area contributed by atoms with E-state index in [0.717, 1.165) is 17.1 Å². The maximum atomic E-state index is 11.2. The van der Waals surface area contributed by atoms with Crippen LogP contribution in [0.2, 0.25) is 0 Å². The third-order valence-corrected chi connectivity index (χ3v) is 3.69. The fraction of sp³-hybridized carbons (Fsp3) is 0.444. The Bertz CT molecular complexity index is 281. The molecule has 0 unspecified atom stereocenters. The van der Waals surface area contributed by atoms with Crippen molar-refractivity contribution in [1.29, 1.82) is 0 Å². The van der Waals surface area contributed by atoms with Crippen molar-refractivity contribution in [3.8, 4) is 0 Å². The highest BCUT2D eigenvalue weighted by Crippen LogP contribution is 2.27. The fourth-order valence-corrected chi connectivity index (χ4v) is 2.88. The molecule has 4 heteroatoms. The Morgan fingerprint density at radius 1 is 1.62 bits per heavy atom. The first kappa shape index (κ1) is 10.8. The van der Waals surface area contributed by atoms with E-state index < -0.39 is 6.61 Å². The monoisotopic (exact) mass is 216 g/mol. The number of carbonyl (C=O) groups is 1. The van der Waals surface area contributed by atoms with E-state index in [-0.39, 0.29) is 5.78 Å². The van der Waals surface area contributed by atoms with Crippen LogP contribution < -0.4 is 0 Å².